The molecule has 0 spiro atoms. The zero-order valence-corrected chi connectivity index (χ0v) is 17.7. The standard InChI is InChI=1S/C21H22ClN7O/c1-12(2)17-10-20(28-27-17)25-19-7-13(3)24-21(26-19)23-11-16-9-18(29-30-16)14-5-4-6-15(22)8-14/h4-10,12H,11H2,1-3H3,(H3,23,24,25,26,27,28). The second-order valence-corrected chi connectivity index (χ2v) is 7.69. The van der Waals surface area contributed by atoms with E-state index in [-0.39, 0.29) is 0 Å². The highest BCUT2D eigenvalue weighted by molar-refractivity contribution is 6.30. The minimum absolute atomic E-state index is 0.371. The van der Waals surface area contributed by atoms with Crippen LogP contribution in [0.3, 0.4) is 0 Å². The number of anilines is 3. The topological polar surface area (TPSA) is 105 Å². The molecule has 3 aromatic heterocycles. The number of hydrogen-bond donors (Lipinski definition) is 3. The van der Waals surface area contributed by atoms with Crippen molar-refractivity contribution in [3.63, 3.8) is 0 Å². The molecule has 0 radical (unpaired) electrons. The Morgan fingerprint density at radius 2 is 1.97 bits per heavy atom. The summed E-state index contributed by atoms with van der Waals surface area (Å²) in [7, 11) is 0. The van der Waals surface area contributed by atoms with Crippen molar-refractivity contribution in [3.05, 3.63) is 64.6 Å². The van der Waals surface area contributed by atoms with Gasteiger partial charge >= 0.3 is 0 Å². The number of aromatic nitrogens is 5. The van der Waals surface area contributed by atoms with Crippen LogP contribution in [0.5, 0.6) is 0 Å². The van der Waals surface area contributed by atoms with E-state index in [9.17, 15) is 0 Å². The van der Waals surface area contributed by atoms with Crippen LogP contribution in [0.25, 0.3) is 11.3 Å². The summed E-state index contributed by atoms with van der Waals surface area (Å²) in [6.45, 7) is 6.52. The molecule has 0 saturated heterocycles. The minimum atomic E-state index is 0.371. The van der Waals surface area contributed by atoms with Crippen molar-refractivity contribution >= 4 is 29.2 Å². The van der Waals surface area contributed by atoms with Crippen molar-refractivity contribution < 1.29 is 4.52 Å². The van der Waals surface area contributed by atoms with Crippen LogP contribution in [0.15, 0.2) is 47.0 Å². The Bertz CT molecular complexity index is 1150. The van der Waals surface area contributed by atoms with E-state index in [0.717, 1.165) is 22.6 Å². The third-order valence-corrected chi connectivity index (χ3v) is 4.67. The highest BCUT2D eigenvalue weighted by atomic mass is 35.5. The summed E-state index contributed by atoms with van der Waals surface area (Å²) < 4.78 is 5.42. The Morgan fingerprint density at radius 3 is 2.73 bits per heavy atom. The molecule has 0 aliphatic carbocycles. The molecule has 8 nitrogen and oxygen atoms in total. The molecule has 0 saturated carbocycles. The van der Waals surface area contributed by atoms with Crippen molar-refractivity contribution in [2.24, 2.45) is 0 Å². The van der Waals surface area contributed by atoms with E-state index in [1.165, 1.54) is 0 Å². The van der Waals surface area contributed by atoms with Gasteiger partial charge in [-0.1, -0.05) is 42.7 Å². The van der Waals surface area contributed by atoms with Gasteiger partial charge in [0.25, 0.3) is 0 Å². The first kappa shape index (κ1) is 19.9. The van der Waals surface area contributed by atoms with Crippen LogP contribution in [-0.2, 0) is 6.54 Å². The molecular formula is C21H22ClN7O. The van der Waals surface area contributed by atoms with E-state index in [1.807, 2.05) is 49.4 Å². The molecule has 3 heterocycles. The minimum Gasteiger partial charge on any atom is -0.359 e. The lowest BCUT2D eigenvalue weighted by Crippen LogP contribution is -2.06. The number of benzene rings is 1. The summed E-state index contributed by atoms with van der Waals surface area (Å²) in [4.78, 5) is 8.94. The Balaban J connectivity index is 1.43. The second-order valence-electron chi connectivity index (χ2n) is 7.25. The van der Waals surface area contributed by atoms with Gasteiger partial charge in [0, 0.05) is 40.2 Å². The number of aryl methyl sites for hydroxylation is 1. The average Bonchev–Trinajstić information content (AvgIpc) is 3.36. The van der Waals surface area contributed by atoms with Gasteiger partial charge in [-0.05, 0) is 25.0 Å². The quantitative estimate of drug-likeness (QED) is 0.370. The van der Waals surface area contributed by atoms with Crippen LogP contribution < -0.4 is 10.6 Å². The highest BCUT2D eigenvalue weighted by Crippen LogP contribution is 2.23. The van der Waals surface area contributed by atoms with Crippen LogP contribution in [0.2, 0.25) is 5.02 Å². The summed E-state index contributed by atoms with van der Waals surface area (Å²) in [5.41, 5.74) is 3.51. The van der Waals surface area contributed by atoms with Crippen molar-refractivity contribution in [2.75, 3.05) is 10.6 Å². The summed E-state index contributed by atoms with van der Waals surface area (Å²) in [5.74, 6) is 2.89. The van der Waals surface area contributed by atoms with Gasteiger partial charge in [0.05, 0.1) is 6.54 Å². The Hall–Kier alpha value is -3.39. The number of aromatic amines is 1. The van der Waals surface area contributed by atoms with Crippen LogP contribution in [0.4, 0.5) is 17.6 Å². The van der Waals surface area contributed by atoms with E-state index in [0.29, 0.717) is 40.8 Å². The van der Waals surface area contributed by atoms with Gasteiger partial charge in [0.1, 0.15) is 11.5 Å². The Kier molecular flexibility index (Phi) is 5.67. The van der Waals surface area contributed by atoms with Gasteiger partial charge in [-0.3, -0.25) is 5.10 Å². The molecule has 30 heavy (non-hydrogen) atoms. The molecule has 4 rings (SSSR count). The summed E-state index contributed by atoms with van der Waals surface area (Å²) in [5, 5.41) is 18.4. The molecule has 0 aliphatic rings. The number of H-pyrrole nitrogens is 1. The van der Waals surface area contributed by atoms with Crippen LogP contribution in [-0.4, -0.2) is 25.3 Å². The molecule has 4 aromatic rings. The molecule has 0 bridgehead atoms. The third kappa shape index (κ3) is 4.77. The Labute approximate surface area is 179 Å². The SMILES string of the molecule is Cc1cc(Nc2cc(C(C)C)[nH]n2)nc(NCc2cc(-c3cccc(Cl)c3)no2)n1. The van der Waals surface area contributed by atoms with E-state index >= 15 is 0 Å². The van der Waals surface area contributed by atoms with Crippen LogP contribution >= 0.6 is 11.6 Å². The Morgan fingerprint density at radius 1 is 1.10 bits per heavy atom. The number of rotatable bonds is 7. The molecule has 1 aromatic carbocycles. The second kappa shape index (κ2) is 8.54. The largest absolute Gasteiger partial charge is 0.359 e. The summed E-state index contributed by atoms with van der Waals surface area (Å²) in [6, 6.07) is 13.2. The van der Waals surface area contributed by atoms with Crippen molar-refractivity contribution in [1.29, 1.82) is 0 Å². The normalized spacial score (nSPS) is 11.1. The molecule has 0 fully saturated rings. The fraction of sp³-hybridized carbons (Fsp3) is 0.238. The monoisotopic (exact) mass is 423 g/mol. The van der Waals surface area contributed by atoms with Crippen molar-refractivity contribution in [2.45, 2.75) is 33.2 Å². The molecule has 3 N–H and O–H groups in total. The summed E-state index contributed by atoms with van der Waals surface area (Å²) in [6.07, 6.45) is 0. The first-order valence-electron chi connectivity index (χ1n) is 9.59. The maximum atomic E-state index is 6.05. The van der Waals surface area contributed by atoms with E-state index < -0.39 is 0 Å². The third-order valence-electron chi connectivity index (χ3n) is 4.43. The van der Waals surface area contributed by atoms with E-state index in [4.69, 9.17) is 16.1 Å². The van der Waals surface area contributed by atoms with Crippen molar-refractivity contribution in [3.8, 4) is 11.3 Å². The van der Waals surface area contributed by atoms with Gasteiger partial charge in [-0.25, -0.2) is 4.98 Å². The molecule has 9 heteroatoms. The number of hydrogen-bond acceptors (Lipinski definition) is 7. The van der Waals surface area contributed by atoms with Gasteiger partial charge < -0.3 is 15.2 Å². The fourth-order valence-electron chi connectivity index (χ4n) is 2.89. The average molecular weight is 424 g/mol. The smallest absolute Gasteiger partial charge is 0.225 e. The first-order chi connectivity index (χ1) is 14.5. The summed E-state index contributed by atoms with van der Waals surface area (Å²) >= 11 is 6.05. The molecule has 154 valence electrons. The molecule has 0 atom stereocenters. The van der Waals surface area contributed by atoms with Crippen LogP contribution in [0.1, 0.15) is 36.9 Å². The molecule has 0 unspecified atom stereocenters. The van der Waals surface area contributed by atoms with Gasteiger partial charge in [-0.15, -0.1) is 0 Å². The lowest BCUT2D eigenvalue weighted by Gasteiger charge is -2.07. The molecular weight excluding hydrogens is 402 g/mol. The van der Waals surface area contributed by atoms with Gasteiger partial charge in [-0.2, -0.15) is 10.1 Å². The first-order valence-corrected chi connectivity index (χ1v) is 9.97. The van der Waals surface area contributed by atoms with Crippen LogP contribution in [0, 0.1) is 6.92 Å². The predicted molar refractivity (Wildman–Crippen MR) is 117 cm³/mol. The zero-order chi connectivity index (χ0) is 21.1. The van der Waals surface area contributed by atoms with Crippen molar-refractivity contribution in [1.82, 2.24) is 25.3 Å². The fourth-order valence-corrected chi connectivity index (χ4v) is 3.08. The predicted octanol–water partition coefficient (Wildman–Crippen LogP) is 5.30. The van der Waals surface area contributed by atoms with Gasteiger partial charge in [0.15, 0.2) is 11.6 Å². The zero-order valence-electron chi connectivity index (χ0n) is 16.9. The number of halogens is 1. The van der Waals surface area contributed by atoms with Gasteiger partial charge in [0.2, 0.25) is 5.95 Å². The lowest BCUT2D eigenvalue weighted by molar-refractivity contribution is 0.390. The maximum absolute atomic E-state index is 6.05. The maximum Gasteiger partial charge on any atom is 0.225 e. The molecule has 0 aliphatic heterocycles. The number of nitrogens with one attached hydrogen (secondary N) is 3. The molecule has 0 amide bonds. The highest BCUT2D eigenvalue weighted by Gasteiger charge is 2.10. The van der Waals surface area contributed by atoms with E-state index in [1.54, 1.807) is 0 Å². The number of nitrogens with zero attached hydrogens (tertiary/aromatic N) is 4. The lowest BCUT2D eigenvalue weighted by atomic mass is 10.1. The van der Waals surface area contributed by atoms with E-state index in [2.05, 4.69) is 49.8 Å².